The summed E-state index contributed by atoms with van der Waals surface area (Å²) in [5.74, 6) is 0. The zero-order valence-electron chi connectivity index (χ0n) is 13.3. The minimum Gasteiger partial charge on any atom is -0.374 e. The van der Waals surface area contributed by atoms with E-state index < -0.39 is 10.0 Å². The van der Waals surface area contributed by atoms with Gasteiger partial charge in [0.05, 0.1) is 23.6 Å². The number of hydrazone groups is 1. The van der Waals surface area contributed by atoms with Crippen molar-refractivity contribution in [1.29, 1.82) is 5.26 Å². The van der Waals surface area contributed by atoms with Crippen LogP contribution in [0, 0.1) is 11.3 Å². The van der Waals surface area contributed by atoms with Gasteiger partial charge >= 0.3 is 0 Å². The Balaban J connectivity index is 1.99. The molecule has 124 valence electrons. The third-order valence-electron chi connectivity index (χ3n) is 3.33. The summed E-state index contributed by atoms with van der Waals surface area (Å²) in [6, 6.07) is 17.6. The standard InChI is InChI=1S/C17H18N4O2S/c1-21(13-5-12-18)16-10-8-15(9-11-16)14-19-20-24(22,23)17-6-3-2-4-7-17/h2-4,6-11,14,20H,5,13H2,1H3/b19-14+. The number of benzene rings is 2. The van der Waals surface area contributed by atoms with Crippen LogP contribution in [0.15, 0.2) is 64.6 Å². The molecule has 0 radical (unpaired) electrons. The van der Waals surface area contributed by atoms with E-state index in [2.05, 4.69) is 16.0 Å². The first-order chi connectivity index (χ1) is 11.5. The largest absolute Gasteiger partial charge is 0.374 e. The van der Waals surface area contributed by atoms with Crippen molar-refractivity contribution >= 4 is 21.9 Å². The lowest BCUT2D eigenvalue weighted by atomic mass is 10.2. The van der Waals surface area contributed by atoms with E-state index >= 15 is 0 Å². The van der Waals surface area contributed by atoms with Crippen LogP contribution in [0.5, 0.6) is 0 Å². The van der Waals surface area contributed by atoms with Crippen LogP contribution in [0.4, 0.5) is 5.69 Å². The quantitative estimate of drug-likeness (QED) is 0.618. The van der Waals surface area contributed by atoms with Crippen LogP contribution in [-0.2, 0) is 10.0 Å². The first-order valence-electron chi connectivity index (χ1n) is 7.31. The van der Waals surface area contributed by atoms with Crippen molar-refractivity contribution in [3.8, 4) is 6.07 Å². The van der Waals surface area contributed by atoms with Crippen molar-refractivity contribution in [3.05, 3.63) is 60.2 Å². The highest BCUT2D eigenvalue weighted by Gasteiger charge is 2.10. The van der Waals surface area contributed by atoms with Crippen LogP contribution in [-0.4, -0.2) is 28.2 Å². The Morgan fingerprint density at radius 2 is 1.83 bits per heavy atom. The topological polar surface area (TPSA) is 85.6 Å². The lowest BCUT2D eigenvalue weighted by molar-refractivity contribution is 0.584. The van der Waals surface area contributed by atoms with E-state index in [9.17, 15) is 8.42 Å². The molecule has 2 rings (SSSR count). The van der Waals surface area contributed by atoms with Gasteiger partial charge < -0.3 is 4.90 Å². The predicted octanol–water partition coefficient (Wildman–Crippen LogP) is 2.35. The Morgan fingerprint density at radius 1 is 1.17 bits per heavy atom. The molecule has 0 atom stereocenters. The minimum absolute atomic E-state index is 0.164. The summed E-state index contributed by atoms with van der Waals surface area (Å²) in [6.45, 7) is 0.654. The highest BCUT2D eigenvalue weighted by molar-refractivity contribution is 7.89. The first-order valence-corrected chi connectivity index (χ1v) is 8.79. The molecule has 0 bridgehead atoms. The highest BCUT2D eigenvalue weighted by atomic mass is 32.2. The van der Waals surface area contributed by atoms with E-state index in [1.807, 2.05) is 36.2 Å². The second kappa shape index (κ2) is 8.13. The van der Waals surface area contributed by atoms with Crippen LogP contribution in [0.3, 0.4) is 0 Å². The number of hydrogen-bond acceptors (Lipinski definition) is 5. The average molecular weight is 342 g/mol. The molecule has 0 fully saturated rings. The van der Waals surface area contributed by atoms with Crippen molar-refractivity contribution < 1.29 is 8.42 Å². The summed E-state index contributed by atoms with van der Waals surface area (Å²) in [5, 5.41) is 12.4. The SMILES string of the molecule is CN(CCC#N)c1ccc(/C=N/NS(=O)(=O)c2ccccc2)cc1. The molecule has 0 unspecified atom stereocenters. The molecule has 24 heavy (non-hydrogen) atoms. The van der Waals surface area contributed by atoms with Gasteiger partial charge in [-0.15, -0.1) is 0 Å². The normalized spacial score (nSPS) is 11.2. The number of rotatable bonds is 7. The summed E-state index contributed by atoms with van der Waals surface area (Å²) in [4.78, 5) is 4.32. The maximum atomic E-state index is 12.0. The number of nitrogens with one attached hydrogen (secondary N) is 1. The van der Waals surface area contributed by atoms with Crippen LogP contribution in [0.2, 0.25) is 0 Å². The van der Waals surface area contributed by atoms with Gasteiger partial charge in [-0.25, -0.2) is 4.83 Å². The maximum Gasteiger partial charge on any atom is 0.276 e. The van der Waals surface area contributed by atoms with Gasteiger partial charge in [-0.05, 0) is 29.8 Å². The van der Waals surface area contributed by atoms with E-state index in [1.165, 1.54) is 18.3 Å². The molecule has 1 N–H and O–H groups in total. The first kappa shape index (κ1) is 17.5. The fourth-order valence-corrected chi connectivity index (χ4v) is 2.80. The molecular formula is C17H18N4O2S. The Kier molecular flexibility index (Phi) is 5.93. The van der Waals surface area contributed by atoms with E-state index in [-0.39, 0.29) is 4.90 Å². The molecule has 0 saturated carbocycles. The van der Waals surface area contributed by atoms with E-state index in [1.54, 1.807) is 18.2 Å². The smallest absolute Gasteiger partial charge is 0.276 e. The van der Waals surface area contributed by atoms with Crippen LogP contribution < -0.4 is 9.73 Å². The molecule has 0 saturated heterocycles. The number of sulfonamides is 1. The lowest BCUT2D eigenvalue weighted by Gasteiger charge is -2.17. The zero-order valence-corrected chi connectivity index (χ0v) is 14.1. The molecule has 0 aliphatic heterocycles. The van der Waals surface area contributed by atoms with Gasteiger partial charge in [0.25, 0.3) is 10.0 Å². The summed E-state index contributed by atoms with van der Waals surface area (Å²) < 4.78 is 24.0. The molecule has 0 aliphatic rings. The summed E-state index contributed by atoms with van der Waals surface area (Å²) in [7, 11) is -1.74. The third-order valence-corrected chi connectivity index (χ3v) is 4.57. The predicted molar refractivity (Wildman–Crippen MR) is 94.3 cm³/mol. The van der Waals surface area contributed by atoms with E-state index in [0.29, 0.717) is 13.0 Å². The number of nitriles is 1. The van der Waals surface area contributed by atoms with Crippen molar-refractivity contribution in [2.45, 2.75) is 11.3 Å². The fraction of sp³-hybridized carbons (Fsp3) is 0.176. The summed E-state index contributed by atoms with van der Waals surface area (Å²) in [6.07, 6.45) is 1.90. The number of nitrogens with zero attached hydrogens (tertiary/aromatic N) is 3. The second-order valence-corrected chi connectivity index (χ2v) is 6.75. The van der Waals surface area contributed by atoms with Crippen LogP contribution >= 0.6 is 0 Å². The van der Waals surface area contributed by atoms with Gasteiger partial charge in [0.1, 0.15) is 0 Å². The average Bonchev–Trinajstić information content (AvgIpc) is 2.61. The van der Waals surface area contributed by atoms with Gasteiger partial charge in [0.2, 0.25) is 0 Å². The van der Waals surface area contributed by atoms with Crippen molar-refractivity contribution in [2.24, 2.45) is 5.10 Å². The maximum absolute atomic E-state index is 12.0. The molecule has 0 aromatic heterocycles. The van der Waals surface area contributed by atoms with Crippen LogP contribution in [0.25, 0.3) is 0 Å². The van der Waals surface area contributed by atoms with E-state index in [4.69, 9.17) is 5.26 Å². The zero-order chi connectivity index (χ0) is 17.4. The van der Waals surface area contributed by atoms with Crippen molar-refractivity contribution in [3.63, 3.8) is 0 Å². The Morgan fingerprint density at radius 3 is 2.46 bits per heavy atom. The van der Waals surface area contributed by atoms with E-state index in [0.717, 1.165) is 11.3 Å². The number of hydrogen-bond donors (Lipinski definition) is 1. The second-order valence-electron chi connectivity index (χ2n) is 5.09. The molecule has 0 heterocycles. The Bertz CT molecular complexity index is 825. The van der Waals surface area contributed by atoms with Gasteiger partial charge in [-0.1, -0.05) is 30.3 Å². The minimum atomic E-state index is -3.65. The molecule has 6 nitrogen and oxygen atoms in total. The molecule has 2 aromatic carbocycles. The summed E-state index contributed by atoms with van der Waals surface area (Å²) in [5.41, 5.74) is 1.75. The Labute approximate surface area is 142 Å². The van der Waals surface area contributed by atoms with Crippen molar-refractivity contribution in [1.82, 2.24) is 4.83 Å². The van der Waals surface area contributed by atoms with Crippen molar-refractivity contribution in [2.75, 3.05) is 18.5 Å². The Hall–Kier alpha value is -2.85. The third kappa shape index (κ3) is 4.83. The monoisotopic (exact) mass is 342 g/mol. The van der Waals surface area contributed by atoms with Gasteiger partial charge in [-0.3, -0.25) is 0 Å². The van der Waals surface area contributed by atoms with Gasteiger partial charge in [0, 0.05) is 19.3 Å². The molecule has 0 spiro atoms. The highest BCUT2D eigenvalue weighted by Crippen LogP contribution is 2.13. The van der Waals surface area contributed by atoms with Gasteiger partial charge in [-0.2, -0.15) is 18.8 Å². The molecule has 0 aliphatic carbocycles. The summed E-state index contributed by atoms with van der Waals surface area (Å²) >= 11 is 0. The van der Waals surface area contributed by atoms with Crippen LogP contribution in [0.1, 0.15) is 12.0 Å². The molecule has 2 aromatic rings. The van der Waals surface area contributed by atoms with Gasteiger partial charge in [0.15, 0.2) is 0 Å². The fourth-order valence-electron chi connectivity index (χ4n) is 1.98. The molecule has 0 amide bonds. The number of anilines is 1. The molecule has 7 heteroatoms. The molecular weight excluding hydrogens is 324 g/mol. The lowest BCUT2D eigenvalue weighted by Crippen LogP contribution is -2.18.